The molecule has 6 rings (SSSR count). The summed E-state index contributed by atoms with van der Waals surface area (Å²) in [7, 11) is 0. The van der Waals surface area contributed by atoms with E-state index in [0.717, 1.165) is 0 Å². The summed E-state index contributed by atoms with van der Waals surface area (Å²) in [5, 5.41) is 33.1. The first-order chi connectivity index (χ1) is 26.5. The van der Waals surface area contributed by atoms with Gasteiger partial charge in [-0.25, -0.2) is 54.3 Å². The van der Waals surface area contributed by atoms with E-state index in [1.165, 1.54) is 22.3 Å². The Labute approximate surface area is 307 Å². The van der Waals surface area contributed by atoms with Crippen molar-refractivity contribution < 1.29 is 74.7 Å². The molecule has 12 nitrogen and oxygen atoms in total. The van der Waals surface area contributed by atoms with Crippen molar-refractivity contribution in [2.45, 2.75) is 0 Å². The summed E-state index contributed by atoms with van der Waals surface area (Å²) in [4.78, 5) is 56.9. The smallest absolute Gasteiger partial charge is 0.341 e. The van der Waals surface area contributed by atoms with Gasteiger partial charge in [-0.2, -0.15) is 0 Å². The second-order valence-corrected chi connectivity index (χ2v) is 10.2. The largest absolute Gasteiger partial charge is 0.477 e. The molecule has 0 amide bonds. The third kappa shape index (κ3) is 10.3. The molecule has 6 aromatic rings. The minimum absolute atomic E-state index is 1.17. The number of aromatic nitrogens is 4. The minimum atomic E-state index is -2.26. The summed E-state index contributed by atoms with van der Waals surface area (Å²) in [6.45, 7) is 0. The molecular formula is C36H20F8N4O8. The normalized spacial score (nSPS) is 10.0. The van der Waals surface area contributed by atoms with Crippen LogP contribution in [0.2, 0.25) is 0 Å². The molecule has 0 fully saturated rings. The first kappa shape index (κ1) is 42.8. The van der Waals surface area contributed by atoms with Crippen LogP contribution in [0.5, 0.6) is 0 Å². The van der Waals surface area contributed by atoms with Crippen molar-refractivity contribution >= 4 is 23.9 Å². The molecule has 4 aromatic heterocycles. The van der Waals surface area contributed by atoms with Crippen LogP contribution in [0.1, 0.15) is 41.4 Å². The van der Waals surface area contributed by atoms with E-state index in [0.29, 0.717) is 0 Å². The highest BCUT2D eigenvalue weighted by molar-refractivity contribution is 5.93. The van der Waals surface area contributed by atoms with Gasteiger partial charge < -0.3 is 20.4 Å². The van der Waals surface area contributed by atoms with E-state index in [1.54, 1.807) is 49.6 Å². The van der Waals surface area contributed by atoms with Crippen LogP contribution in [0.4, 0.5) is 35.1 Å². The highest BCUT2D eigenvalue weighted by atomic mass is 19.2. The minimum Gasteiger partial charge on any atom is -0.477 e. The third-order valence-electron chi connectivity index (χ3n) is 6.77. The average Bonchev–Trinajstić information content (AvgIpc) is 3.18. The van der Waals surface area contributed by atoms with Crippen LogP contribution < -0.4 is 0 Å². The molecule has 0 unspecified atom stereocenters. The predicted molar refractivity (Wildman–Crippen MR) is 175 cm³/mol. The number of rotatable bonds is 6. The fraction of sp³-hybridized carbons (Fsp3) is 0. The van der Waals surface area contributed by atoms with E-state index in [-0.39, 0.29) is 0 Å². The standard InChI is InChI=1S/2C10H8N2.2C8H2F4O4/c2*1-5-11-6-2-9(1)10-3-7-12-8-4-10;2*9-3-1(7(13)14)4(10)6(12)2(5(3)11)8(15)16/h2*1-8H;2*(H,13,14)(H,15,16). The molecule has 0 radical (unpaired) electrons. The van der Waals surface area contributed by atoms with Gasteiger partial charge in [-0.3, -0.25) is 19.9 Å². The van der Waals surface area contributed by atoms with Crippen LogP contribution in [0, 0.1) is 46.5 Å². The molecule has 2 aromatic carbocycles. The van der Waals surface area contributed by atoms with E-state index in [4.69, 9.17) is 20.4 Å². The van der Waals surface area contributed by atoms with Crippen molar-refractivity contribution in [2.24, 2.45) is 0 Å². The summed E-state index contributed by atoms with van der Waals surface area (Å²) in [6.07, 6.45) is 14.3. The Balaban J connectivity index is 0.000000202. The van der Waals surface area contributed by atoms with Gasteiger partial charge in [-0.05, 0) is 70.8 Å². The van der Waals surface area contributed by atoms with Crippen molar-refractivity contribution in [1.29, 1.82) is 0 Å². The molecule has 0 spiro atoms. The van der Waals surface area contributed by atoms with Gasteiger partial charge in [0.05, 0.1) is 0 Å². The van der Waals surface area contributed by atoms with Gasteiger partial charge in [0.25, 0.3) is 0 Å². The number of carboxylic acid groups (broad SMARTS) is 4. The van der Waals surface area contributed by atoms with Gasteiger partial charge in [0.2, 0.25) is 0 Å². The molecular weight excluding hydrogens is 768 g/mol. The zero-order chi connectivity index (χ0) is 41.7. The van der Waals surface area contributed by atoms with E-state index in [2.05, 4.69) is 19.9 Å². The zero-order valence-electron chi connectivity index (χ0n) is 27.5. The van der Waals surface area contributed by atoms with E-state index in [9.17, 15) is 54.3 Å². The molecule has 0 aliphatic rings. The SMILES string of the molecule is O=C(O)c1c(F)c(F)c(C(=O)O)c(F)c1F.O=C(O)c1c(F)c(F)c(C(=O)O)c(F)c1F.c1cc(-c2ccncc2)ccn1.c1cc(-c2ccncc2)ccn1. The number of aromatic carboxylic acids is 4. The first-order valence-electron chi connectivity index (χ1n) is 14.8. The molecule has 0 aliphatic carbocycles. The van der Waals surface area contributed by atoms with Crippen molar-refractivity contribution in [3.8, 4) is 22.3 Å². The monoisotopic (exact) mass is 788 g/mol. The fourth-order valence-corrected chi connectivity index (χ4v) is 4.19. The molecule has 288 valence electrons. The lowest BCUT2D eigenvalue weighted by Crippen LogP contribution is -2.15. The summed E-state index contributed by atoms with van der Waals surface area (Å²) in [5.74, 6) is -27.1. The lowest BCUT2D eigenvalue weighted by atomic mass is 10.1. The van der Waals surface area contributed by atoms with Gasteiger partial charge in [-0.15, -0.1) is 0 Å². The second kappa shape index (κ2) is 19.4. The van der Waals surface area contributed by atoms with Gasteiger partial charge in [0, 0.05) is 49.6 Å². The van der Waals surface area contributed by atoms with Crippen molar-refractivity contribution in [2.75, 3.05) is 0 Å². The number of nitrogens with zero attached hydrogens (tertiary/aromatic N) is 4. The number of halogens is 8. The Morgan fingerprint density at radius 1 is 0.304 bits per heavy atom. The van der Waals surface area contributed by atoms with Crippen LogP contribution in [-0.2, 0) is 0 Å². The number of pyridine rings is 4. The van der Waals surface area contributed by atoms with Gasteiger partial charge >= 0.3 is 23.9 Å². The summed E-state index contributed by atoms with van der Waals surface area (Å²) < 4.78 is 103. The number of benzene rings is 2. The molecule has 4 heterocycles. The summed E-state index contributed by atoms with van der Waals surface area (Å²) >= 11 is 0. The third-order valence-corrected chi connectivity index (χ3v) is 6.77. The molecule has 0 aliphatic heterocycles. The zero-order valence-corrected chi connectivity index (χ0v) is 27.5. The number of carbonyl (C=O) groups is 4. The molecule has 0 saturated heterocycles. The molecule has 0 saturated carbocycles. The van der Waals surface area contributed by atoms with Crippen LogP contribution in [-0.4, -0.2) is 64.2 Å². The Morgan fingerprint density at radius 2 is 0.429 bits per heavy atom. The van der Waals surface area contributed by atoms with Gasteiger partial charge in [0.15, 0.2) is 46.5 Å². The van der Waals surface area contributed by atoms with Crippen molar-refractivity contribution in [3.05, 3.63) is 167 Å². The van der Waals surface area contributed by atoms with Crippen LogP contribution in [0.15, 0.2) is 98.1 Å². The summed E-state index contributed by atoms with van der Waals surface area (Å²) in [6, 6.07) is 15.9. The van der Waals surface area contributed by atoms with Crippen LogP contribution in [0.3, 0.4) is 0 Å². The fourth-order valence-electron chi connectivity index (χ4n) is 4.19. The predicted octanol–water partition coefficient (Wildman–Crippen LogP) is 7.57. The highest BCUT2D eigenvalue weighted by Crippen LogP contribution is 2.25. The maximum Gasteiger partial charge on any atom is 0.341 e. The number of hydrogen-bond acceptors (Lipinski definition) is 8. The number of carboxylic acids is 4. The van der Waals surface area contributed by atoms with E-state index >= 15 is 0 Å². The maximum absolute atomic E-state index is 12.9. The molecule has 4 N–H and O–H groups in total. The molecule has 0 atom stereocenters. The molecule has 0 bridgehead atoms. The van der Waals surface area contributed by atoms with Crippen molar-refractivity contribution in [1.82, 2.24) is 19.9 Å². The number of hydrogen-bond donors (Lipinski definition) is 4. The van der Waals surface area contributed by atoms with Crippen LogP contribution >= 0.6 is 0 Å². The Hall–Kier alpha value is -7.64. The van der Waals surface area contributed by atoms with E-state index in [1.807, 2.05) is 48.5 Å². The Bertz CT molecular complexity index is 1970. The first-order valence-corrected chi connectivity index (χ1v) is 14.8. The van der Waals surface area contributed by atoms with Crippen molar-refractivity contribution in [3.63, 3.8) is 0 Å². The van der Waals surface area contributed by atoms with Gasteiger partial charge in [-0.1, -0.05) is 0 Å². The average molecular weight is 789 g/mol. The Morgan fingerprint density at radius 3 is 0.536 bits per heavy atom. The quantitative estimate of drug-likeness (QED) is 0.0955. The maximum atomic E-state index is 12.9. The van der Waals surface area contributed by atoms with Gasteiger partial charge in [0.1, 0.15) is 22.3 Å². The summed E-state index contributed by atoms with van der Waals surface area (Å²) in [5.41, 5.74) is -2.81. The highest BCUT2D eigenvalue weighted by Gasteiger charge is 2.33. The van der Waals surface area contributed by atoms with E-state index < -0.39 is 92.7 Å². The lowest BCUT2D eigenvalue weighted by molar-refractivity contribution is 0.0658. The molecule has 20 heteroatoms. The lowest BCUT2D eigenvalue weighted by Gasteiger charge is -2.05. The van der Waals surface area contributed by atoms with Crippen LogP contribution in [0.25, 0.3) is 22.3 Å². The Kier molecular flexibility index (Phi) is 14.8. The second-order valence-electron chi connectivity index (χ2n) is 10.2. The molecule has 56 heavy (non-hydrogen) atoms. The topological polar surface area (TPSA) is 201 Å².